The number of aromatic nitrogens is 1. The molecule has 124 valence electrons. The number of amides is 2. The summed E-state index contributed by atoms with van der Waals surface area (Å²) < 4.78 is 5.32. The molecule has 1 heterocycles. The van der Waals surface area contributed by atoms with Crippen molar-refractivity contribution in [2.45, 2.75) is 52.6 Å². The highest BCUT2D eigenvalue weighted by Crippen LogP contribution is 2.28. The SMILES string of the molecule is CC(=O)Nc1ncc(C(C)CCN(C)C(=O)OC(C)(C)C)s1. The van der Waals surface area contributed by atoms with Crippen LogP contribution >= 0.6 is 11.3 Å². The van der Waals surface area contributed by atoms with E-state index >= 15 is 0 Å². The van der Waals surface area contributed by atoms with Crippen molar-refractivity contribution in [3.63, 3.8) is 0 Å². The zero-order valence-corrected chi connectivity index (χ0v) is 14.9. The van der Waals surface area contributed by atoms with E-state index in [1.54, 1.807) is 18.1 Å². The maximum Gasteiger partial charge on any atom is 0.410 e. The van der Waals surface area contributed by atoms with Gasteiger partial charge in [0.15, 0.2) is 5.13 Å². The minimum Gasteiger partial charge on any atom is -0.444 e. The van der Waals surface area contributed by atoms with Crippen LogP contribution in [0.15, 0.2) is 6.20 Å². The smallest absolute Gasteiger partial charge is 0.410 e. The summed E-state index contributed by atoms with van der Waals surface area (Å²) in [7, 11) is 1.73. The predicted octanol–water partition coefficient (Wildman–Crippen LogP) is 3.46. The van der Waals surface area contributed by atoms with Crippen LogP contribution in [0.1, 0.15) is 51.8 Å². The largest absolute Gasteiger partial charge is 0.444 e. The lowest BCUT2D eigenvalue weighted by molar-refractivity contribution is -0.114. The van der Waals surface area contributed by atoms with Crippen LogP contribution in [0.25, 0.3) is 0 Å². The molecule has 0 aliphatic rings. The highest BCUT2D eigenvalue weighted by Gasteiger charge is 2.20. The second-order valence-electron chi connectivity index (χ2n) is 6.34. The second-order valence-corrected chi connectivity index (χ2v) is 7.40. The third kappa shape index (κ3) is 6.43. The normalized spacial score (nSPS) is 12.6. The van der Waals surface area contributed by atoms with Gasteiger partial charge in [-0.3, -0.25) is 4.79 Å². The first-order valence-corrected chi connectivity index (χ1v) is 8.07. The van der Waals surface area contributed by atoms with Crippen molar-refractivity contribution in [2.24, 2.45) is 0 Å². The Morgan fingerprint density at radius 2 is 2.09 bits per heavy atom. The van der Waals surface area contributed by atoms with Crippen LogP contribution in [0.3, 0.4) is 0 Å². The molecule has 1 aromatic rings. The summed E-state index contributed by atoms with van der Waals surface area (Å²) in [4.78, 5) is 29.7. The van der Waals surface area contributed by atoms with Crippen LogP contribution in [-0.4, -0.2) is 41.1 Å². The molecule has 6 nitrogen and oxygen atoms in total. The third-order valence-corrected chi connectivity index (χ3v) is 4.04. The topological polar surface area (TPSA) is 71.5 Å². The van der Waals surface area contributed by atoms with Gasteiger partial charge in [-0.1, -0.05) is 6.92 Å². The molecule has 0 saturated heterocycles. The van der Waals surface area contributed by atoms with E-state index in [4.69, 9.17) is 4.74 Å². The number of anilines is 1. The van der Waals surface area contributed by atoms with Gasteiger partial charge >= 0.3 is 6.09 Å². The van der Waals surface area contributed by atoms with Gasteiger partial charge in [-0.2, -0.15) is 0 Å². The minimum absolute atomic E-state index is 0.127. The number of thiazole rings is 1. The lowest BCUT2D eigenvalue weighted by atomic mass is 10.1. The molecular formula is C15H25N3O3S. The summed E-state index contributed by atoms with van der Waals surface area (Å²) in [5.41, 5.74) is -0.484. The summed E-state index contributed by atoms with van der Waals surface area (Å²) in [6.07, 6.45) is 2.26. The van der Waals surface area contributed by atoms with Crippen LogP contribution in [-0.2, 0) is 9.53 Å². The molecule has 0 bridgehead atoms. The highest BCUT2D eigenvalue weighted by atomic mass is 32.1. The van der Waals surface area contributed by atoms with E-state index < -0.39 is 5.60 Å². The summed E-state index contributed by atoms with van der Waals surface area (Å²) >= 11 is 1.46. The van der Waals surface area contributed by atoms with Gasteiger partial charge in [-0.05, 0) is 33.1 Å². The Labute approximate surface area is 135 Å². The number of nitrogens with one attached hydrogen (secondary N) is 1. The first-order chi connectivity index (χ1) is 10.1. The first kappa shape index (κ1) is 18.4. The summed E-state index contributed by atoms with van der Waals surface area (Å²) in [5.74, 6) is 0.128. The standard InChI is InChI=1S/C15H25N3O3S/c1-10(12-9-16-13(22-12)17-11(2)19)7-8-18(6)14(20)21-15(3,4)5/h9-10H,7-8H2,1-6H3,(H,16,17,19). The number of carbonyl (C=O) groups is 2. The number of hydrogen-bond donors (Lipinski definition) is 1. The Balaban J connectivity index is 2.48. The van der Waals surface area contributed by atoms with Gasteiger partial charge in [0.1, 0.15) is 5.60 Å². The first-order valence-electron chi connectivity index (χ1n) is 7.26. The maximum absolute atomic E-state index is 11.9. The average molecular weight is 327 g/mol. The molecule has 0 aliphatic heterocycles. The van der Waals surface area contributed by atoms with Crippen LogP contribution in [0, 0.1) is 0 Å². The van der Waals surface area contributed by atoms with Gasteiger partial charge in [0.05, 0.1) is 0 Å². The Bertz CT molecular complexity index is 522. The van der Waals surface area contributed by atoms with E-state index in [0.29, 0.717) is 11.7 Å². The van der Waals surface area contributed by atoms with Crippen molar-refractivity contribution >= 4 is 28.5 Å². The van der Waals surface area contributed by atoms with Gasteiger partial charge in [0, 0.05) is 31.6 Å². The molecule has 22 heavy (non-hydrogen) atoms. The summed E-state index contributed by atoms with van der Waals surface area (Å²) in [6, 6.07) is 0. The number of nitrogens with zero attached hydrogens (tertiary/aromatic N) is 2. The molecule has 1 rings (SSSR count). The molecule has 0 aliphatic carbocycles. The van der Waals surface area contributed by atoms with Crippen molar-refractivity contribution in [3.8, 4) is 0 Å². The fourth-order valence-electron chi connectivity index (χ4n) is 1.68. The minimum atomic E-state index is -0.484. The zero-order valence-electron chi connectivity index (χ0n) is 14.1. The number of hydrogen-bond acceptors (Lipinski definition) is 5. The summed E-state index contributed by atoms with van der Waals surface area (Å²) in [5, 5.41) is 3.28. The number of ether oxygens (including phenoxy) is 1. The van der Waals surface area contributed by atoms with Crippen molar-refractivity contribution < 1.29 is 14.3 Å². The Hall–Kier alpha value is -1.63. The van der Waals surface area contributed by atoms with Crippen LogP contribution < -0.4 is 5.32 Å². The third-order valence-electron chi connectivity index (χ3n) is 2.89. The Morgan fingerprint density at radius 1 is 1.45 bits per heavy atom. The van der Waals surface area contributed by atoms with E-state index in [-0.39, 0.29) is 17.9 Å². The fourth-order valence-corrected chi connectivity index (χ4v) is 2.63. The molecule has 2 amide bonds. The molecule has 0 fully saturated rings. The van der Waals surface area contributed by atoms with Crippen molar-refractivity contribution in [1.82, 2.24) is 9.88 Å². The van der Waals surface area contributed by atoms with E-state index in [1.807, 2.05) is 20.8 Å². The maximum atomic E-state index is 11.9. The van der Waals surface area contributed by atoms with Gasteiger partial charge in [-0.15, -0.1) is 11.3 Å². The molecule has 0 radical (unpaired) electrons. The van der Waals surface area contributed by atoms with Gasteiger partial charge in [0.25, 0.3) is 0 Å². The molecular weight excluding hydrogens is 302 g/mol. The number of carbonyl (C=O) groups excluding carboxylic acids is 2. The van der Waals surface area contributed by atoms with Gasteiger partial charge in [0.2, 0.25) is 5.91 Å². The molecule has 7 heteroatoms. The predicted molar refractivity (Wildman–Crippen MR) is 88.3 cm³/mol. The molecule has 0 saturated carbocycles. The van der Waals surface area contributed by atoms with E-state index in [9.17, 15) is 9.59 Å². The quantitative estimate of drug-likeness (QED) is 0.899. The highest BCUT2D eigenvalue weighted by molar-refractivity contribution is 7.15. The van der Waals surface area contributed by atoms with Crippen molar-refractivity contribution in [2.75, 3.05) is 18.9 Å². The van der Waals surface area contributed by atoms with E-state index in [1.165, 1.54) is 18.3 Å². The van der Waals surface area contributed by atoms with Crippen molar-refractivity contribution in [3.05, 3.63) is 11.1 Å². The van der Waals surface area contributed by atoms with Crippen LogP contribution in [0.4, 0.5) is 9.93 Å². The molecule has 0 spiro atoms. The van der Waals surface area contributed by atoms with E-state index in [2.05, 4.69) is 17.2 Å². The van der Waals surface area contributed by atoms with Gasteiger partial charge in [-0.25, -0.2) is 9.78 Å². The Kier molecular flexibility index (Phi) is 6.34. The molecule has 1 unspecified atom stereocenters. The van der Waals surface area contributed by atoms with Crippen LogP contribution in [0.2, 0.25) is 0 Å². The summed E-state index contributed by atoms with van der Waals surface area (Å²) in [6.45, 7) is 9.68. The number of rotatable bonds is 5. The second kappa shape index (κ2) is 7.58. The zero-order chi connectivity index (χ0) is 16.9. The van der Waals surface area contributed by atoms with Crippen molar-refractivity contribution in [1.29, 1.82) is 0 Å². The van der Waals surface area contributed by atoms with Crippen LogP contribution in [0.5, 0.6) is 0 Å². The lowest BCUT2D eigenvalue weighted by Gasteiger charge is -2.25. The molecule has 1 aromatic heterocycles. The molecule has 1 atom stereocenters. The monoisotopic (exact) mass is 327 g/mol. The fraction of sp³-hybridized carbons (Fsp3) is 0.667. The van der Waals surface area contributed by atoms with Gasteiger partial charge < -0.3 is 15.0 Å². The molecule has 0 aromatic carbocycles. The lowest BCUT2D eigenvalue weighted by Crippen LogP contribution is -2.35. The Morgan fingerprint density at radius 3 is 2.64 bits per heavy atom. The average Bonchev–Trinajstić information content (AvgIpc) is 2.81. The van der Waals surface area contributed by atoms with E-state index in [0.717, 1.165) is 11.3 Å². The molecule has 1 N–H and O–H groups in total.